The largest absolute Gasteiger partial charge is 0.492 e. The lowest BCUT2D eigenvalue weighted by Crippen LogP contribution is -2.54. The fraction of sp³-hybridized carbons (Fsp3) is 0.533. The number of amides is 1. The zero-order valence-electron chi connectivity index (χ0n) is 12.6. The second-order valence-electron chi connectivity index (χ2n) is 5.70. The first-order valence-electron chi connectivity index (χ1n) is 7.09. The van der Waals surface area contributed by atoms with Crippen molar-refractivity contribution in [2.75, 3.05) is 32.9 Å². The van der Waals surface area contributed by atoms with E-state index >= 15 is 0 Å². The minimum Gasteiger partial charge on any atom is -0.492 e. The highest BCUT2D eigenvalue weighted by atomic mass is 16.5. The molecule has 1 amide bonds. The highest BCUT2D eigenvalue weighted by Gasteiger charge is 2.29. The zero-order chi connectivity index (χ0) is 15.3. The van der Waals surface area contributed by atoms with Gasteiger partial charge in [-0.2, -0.15) is 0 Å². The number of morpholine rings is 1. The third-order valence-corrected chi connectivity index (χ3v) is 3.69. The monoisotopic (exact) mass is 293 g/mol. The normalized spacial score (nSPS) is 18.2. The van der Waals surface area contributed by atoms with Crippen LogP contribution in [0.15, 0.2) is 24.3 Å². The lowest BCUT2D eigenvalue weighted by atomic mass is 10.0. The summed E-state index contributed by atoms with van der Waals surface area (Å²) in [7, 11) is 0. The average molecular weight is 293 g/mol. The molecule has 0 radical (unpaired) electrons. The Hall–Kier alpha value is -1.63. The van der Waals surface area contributed by atoms with Gasteiger partial charge in [0, 0.05) is 24.2 Å². The number of carbonyl (C=O) groups excluding carboxylic acids is 1. The number of nitrogens with two attached hydrogens (primary N) is 1. The predicted molar refractivity (Wildman–Crippen MR) is 80.1 cm³/mol. The van der Waals surface area contributed by atoms with E-state index < -0.39 is 0 Å². The summed E-state index contributed by atoms with van der Waals surface area (Å²) in [5, 5.41) is 0. The van der Waals surface area contributed by atoms with Gasteiger partial charge in [0.1, 0.15) is 12.4 Å². The highest BCUT2D eigenvalue weighted by Crippen LogP contribution is 2.19. The summed E-state index contributed by atoms with van der Waals surface area (Å²) in [4.78, 5) is 13.7. The fourth-order valence-electron chi connectivity index (χ4n) is 2.36. The molecule has 6 heteroatoms. The zero-order valence-corrected chi connectivity index (χ0v) is 12.6. The highest BCUT2D eigenvalue weighted by molar-refractivity contribution is 5.93. The molecule has 21 heavy (non-hydrogen) atoms. The average Bonchev–Trinajstić information content (AvgIpc) is 2.48. The van der Waals surface area contributed by atoms with E-state index in [2.05, 4.69) is 24.2 Å². The fourth-order valence-corrected chi connectivity index (χ4v) is 2.36. The van der Waals surface area contributed by atoms with Crippen LogP contribution >= 0.6 is 0 Å². The molecule has 3 N–H and O–H groups in total. The van der Waals surface area contributed by atoms with Crippen LogP contribution in [0.3, 0.4) is 0 Å². The van der Waals surface area contributed by atoms with Gasteiger partial charge in [0.05, 0.1) is 13.2 Å². The maximum atomic E-state index is 11.3. The Labute approximate surface area is 125 Å². The van der Waals surface area contributed by atoms with Crippen molar-refractivity contribution < 1.29 is 14.3 Å². The van der Waals surface area contributed by atoms with Crippen LogP contribution in [-0.2, 0) is 4.74 Å². The number of carbonyl (C=O) groups is 1. The molecule has 1 heterocycles. The van der Waals surface area contributed by atoms with Gasteiger partial charge >= 0.3 is 0 Å². The van der Waals surface area contributed by atoms with E-state index in [1.807, 2.05) is 0 Å². The van der Waals surface area contributed by atoms with Crippen LogP contribution in [0.4, 0.5) is 0 Å². The van der Waals surface area contributed by atoms with Gasteiger partial charge in [0.2, 0.25) is 0 Å². The minimum atomic E-state index is -0.309. The van der Waals surface area contributed by atoms with Gasteiger partial charge in [-0.25, -0.2) is 5.84 Å². The Morgan fingerprint density at radius 2 is 2.14 bits per heavy atom. The Morgan fingerprint density at radius 3 is 2.76 bits per heavy atom. The quantitative estimate of drug-likeness (QED) is 0.476. The number of nitrogens with zero attached hydrogens (tertiary/aromatic N) is 1. The van der Waals surface area contributed by atoms with E-state index in [-0.39, 0.29) is 11.4 Å². The second-order valence-corrected chi connectivity index (χ2v) is 5.70. The van der Waals surface area contributed by atoms with Crippen molar-refractivity contribution in [2.45, 2.75) is 19.4 Å². The van der Waals surface area contributed by atoms with E-state index in [1.54, 1.807) is 24.3 Å². The molecule has 0 atom stereocenters. The molecule has 1 saturated heterocycles. The number of benzene rings is 1. The van der Waals surface area contributed by atoms with E-state index in [4.69, 9.17) is 15.3 Å². The molecule has 1 aromatic rings. The maximum absolute atomic E-state index is 11.3. The molecule has 0 unspecified atom stereocenters. The first-order valence-corrected chi connectivity index (χ1v) is 7.09. The molecule has 0 spiro atoms. The van der Waals surface area contributed by atoms with Crippen LogP contribution in [0.25, 0.3) is 0 Å². The van der Waals surface area contributed by atoms with Crippen molar-refractivity contribution in [1.82, 2.24) is 10.3 Å². The van der Waals surface area contributed by atoms with Gasteiger partial charge in [-0.15, -0.1) is 0 Å². The van der Waals surface area contributed by atoms with Gasteiger partial charge in [0.25, 0.3) is 5.91 Å². The summed E-state index contributed by atoms with van der Waals surface area (Å²) >= 11 is 0. The van der Waals surface area contributed by atoms with Crippen molar-refractivity contribution in [1.29, 1.82) is 0 Å². The first-order chi connectivity index (χ1) is 10.0. The molecule has 1 aliphatic rings. The molecule has 0 aliphatic carbocycles. The standard InChI is InChI=1S/C15H23N3O3/c1-15(2)11-20-9-7-18(15)8-10-21-13-5-3-12(4-6-13)14(19)17-16/h3-6H,7-11,16H2,1-2H3,(H,17,19). The van der Waals surface area contributed by atoms with Gasteiger partial charge in [-0.1, -0.05) is 0 Å². The Kier molecular flexibility index (Phi) is 5.17. The second kappa shape index (κ2) is 6.89. The molecule has 2 rings (SSSR count). The topological polar surface area (TPSA) is 76.8 Å². The SMILES string of the molecule is CC1(C)COCCN1CCOc1ccc(C(=O)NN)cc1. The summed E-state index contributed by atoms with van der Waals surface area (Å²) in [6.07, 6.45) is 0. The molecule has 0 saturated carbocycles. The maximum Gasteiger partial charge on any atom is 0.265 e. The lowest BCUT2D eigenvalue weighted by molar-refractivity contribution is -0.0547. The number of nitrogens with one attached hydrogen (secondary N) is 1. The summed E-state index contributed by atoms with van der Waals surface area (Å²) in [6.45, 7) is 8.24. The van der Waals surface area contributed by atoms with E-state index in [0.29, 0.717) is 12.2 Å². The van der Waals surface area contributed by atoms with Gasteiger partial charge in [-0.3, -0.25) is 15.1 Å². The Bertz CT molecular complexity index is 474. The molecular formula is C15H23N3O3. The first kappa shape index (κ1) is 15.8. The summed E-state index contributed by atoms with van der Waals surface area (Å²) in [5.74, 6) is 5.52. The molecule has 1 aromatic carbocycles. The van der Waals surface area contributed by atoms with E-state index in [9.17, 15) is 4.79 Å². The third-order valence-electron chi connectivity index (χ3n) is 3.69. The van der Waals surface area contributed by atoms with Crippen LogP contribution in [-0.4, -0.2) is 49.3 Å². The Morgan fingerprint density at radius 1 is 1.43 bits per heavy atom. The van der Waals surface area contributed by atoms with Gasteiger partial charge in [-0.05, 0) is 38.1 Å². The molecule has 6 nitrogen and oxygen atoms in total. The van der Waals surface area contributed by atoms with Crippen LogP contribution in [0.5, 0.6) is 5.75 Å². The molecule has 0 bridgehead atoms. The van der Waals surface area contributed by atoms with Crippen LogP contribution < -0.4 is 16.0 Å². The van der Waals surface area contributed by atoms with Crippen molar-refractivity contribution in [2.24, 2.45) is 5.84 Å². The smallest absolute Gasteiger partial charge is 0.265 e. The van der Waals surface area contributed by atoms with E-state index in [1.165, 1.54) is 0 Å². The molecule has 116 valence electrons. The molecule has 1 aliphatic heterocycles. The van der Waals surface area contributed by atoms with Crippen LogP contribution in [0.1, 0.15) is 24.2 Å². The number of nitrogen functional groups attached to an aromatic ring is 1. The van der Waals surface area contributed by atoms with Gasteiger partial charge < -0.3 is 9.47 Å². The molecule has 1 fully saturated rings. The minimum absolute atomic E-state index is 0.0463. The number of rotatable bonds is 5. The summed E-state index contributed by atoms with van der Waals surface area (Å²) in [5.41, 5.74) is 2.66. The van der Waals surface area contributed by atoms with Crippen molar-refractivity contribution >= 4 is 5.91 Å². The predicted octanol–water partition coefficient (Wildman–Crippen LogP) is 0.780. The number of hydrogen-bond donors (Lipinski definition) is 2. The molecular weight excluding hydrogens is 270 g/mol. The van der Waals surface area contributed by atoms with E-state index in [0.717, 1.165) is 32.1 Å². The van der Waals surface area contributed by atoms with Crippen molar-refractivity contribution in [3.8, 4) is 5.75 Å². The van der Waals surface area contributed by atoms with Crippen LogP contribution in [0, 0.1) is 0 Å². The number of hydrogen-bond acceptors (Lipinski definition) is 5. The number of hydrazine groups is 1. The Balaban J connectivity index is 1.82. The summed E-state index contributed by atoms with van der Waals surface area (Å²) < 4.78 is 11.2. The summed E-state index contributed by atoms with van der Waals surface area (Å²) in [6, 6.07) is 6.93. The number of ether oxygens (including phenoxy) is 2. The van der Waals surface area contributed by atoms with Gasteiger partial charge in [0.15, 0.2) is 0 Å². The lowest BCUT2D eigenvalue weighted by Gasteiger charge is -2.41. The van der Waals surface area contributed by atoms with Crippen LogP contribution in [0.2, 0.25) is 0 Å². The molecule has 0 aromatic heterocycles. The van der Waals surface area contributed by atoms with Crippen molar-refractivity contribution in [3.63, 3.8) is 0 Å². The van der Waals surface area contributed by atoms with Crippen molar-refractivity contribution in [3.05, 3.63) is 29.8 Å². The third kappa shape index (κ3) is 4.17.